The summed E-state index contributed by atoms with van der Waals surface area (Å²) in [6.07, 6.45) is 0. The van der Waals surface area contributed by atoms with Crippen LogP contribution < -0.4 is 35.3 Å². The van der Waals surface area contributed by atoms with Gasteiger partial charge in [-0.25, -0.2) is 0 Å². The van der Waals surface area contributed by atoms with E-state index in [4.69, 9.17) is 10.9 Å². The predicted molar refractivity (Wildman–Crippen MR) is 20.2 cm³/mol. The molecule has 0 aliphatic heterocycles. The second-order valence-electron chi connectivity index (χ2n) is 0.741. The summed E-state index contributed by atoms with van der Waals surface area (Å²) in [6, 6.07) is 0. The van der Waals surface area contributed by atoms with E-state index in [2.05, 4.69) is 5.16 Å². The van der Waals surface area contributed by atoms with E-state index in [1.807, 2.05) is 0 Å². The molecule has 32 valence electrons. The van der Waals surface area contributed by atoms with Crippen LogP contribution in [-0.4, -0.2) is 11.0 Å². The van der Waals surface area contributed by atoms with Crippen molar-refractivity contribution in [2.45, 2.75) is 6.92 Å². The van der Waals surface area contributed by atoms with Crippen LogP contribution in [0.2, 0.25) is 0 Å². The molecule has 0 aliphatic carbocycles. The summed E-state index contributed by atoms with van der Waals surface area (Å²) in [5.74, 6) is 0.185. The molecule has 0 atom stereocenters. The quantitative estimate of drug-likeness (QED) is 0.111. The third-order valence-corrected chi connectivity index (χ3v) is 0.158. The molecular formula is C2H7N2NaO. The molecule has 0 unspecified atom stereocenters. The van der Waals surface area contributed by atoms with Crippen molar-refractivity contribution in [3.63, 3.8) is 0 Å². The fourth-order valence-electron chi connectivity index (χ4n) is 0. The number of rotatable bonds is 0. The standard InChI is InChI=1S/C2H6N2O.Na.H/c1-2(3)4-5;;/h5H,1H3,(H2,3,4);;/q;+1;-1. The SMILES string of the molecule is CC(N)=NO.[H-].[Na+]. The van der Waals surface area contributed by atoms with E-state index in [0.29, 0.717) is 0 Å². The first-order valence-electron chi connectivity index (χ1n) is 1.21. The number of amidine groups is 1. The Hall–Kier alpha value is 0.270. The van der Waals surface area contributed by atoms with E-state index in [0.717, 1.165) is 0 Å². The summed E-state index contributed by atoms with van der Waals surface area (Å²) in [4.78, 5) is 0. The normalized spacial score (nSPS) is 9.83. The number of nitrogens with two attached hydrogens (primary N) is 1. The minimum atomic E-state index is 0. The molecule has 0 spiro atoms. The molecule has 0 saturated carbocycles. The molecule has 0 bridgehead atoms. The Labute approximate surface area is 60.0 Å². The topological polar surface area (TPSA) is 58.6 Å². The van der Waals surface area contributed by atoms with Gasteiger partial charge < -0.3 is 12.4 Å². The minimum absolute atomic E-state index is 0. The van der Waals surface area contributed by atoms with Crippen LogP contribution in [0.4, 0.5) is 0 Å². The van der Waals surface area contributed by atoms with Crippen LogP contribution in [0, 0.1) is 0 Å². The van der Waals surface area contributed by atoms with Crippen LogP contribution in [0.3, 0.4) is 0 Å². The van der Waals surface area contributed by atoms with Gasteiger partial charge in [0.25, 0.3) is 0 Å². The second kappa shape index (κ2) is 5.27. The van der Waals surface area contributed by atoms with Crippen molar-refractivity contribution in [1.82, 2.24) is 0 Å². The van der Waals surface area contributed by atoms with Crippen LogP contribution in [0.1, 0.15) is 8.35 Å². The van der Waals surface area contributed by atoms with Gasteiger partial charge in [0.15, 0.2) is 0 Å². The molecule has 0 amide bonds. The molecule has 4 heteroatoms. The van der Waals surface area contributed by atoms with Crippen LogP contribution in [0.25, 0.3) is 0 Å². The molecule has 3 N–H and O–H groups in total. The third kappa shape index (κ3) is 8.86. The molecule has 3 nitrogen and oxygen atoms in total. The largest absolute Gasteiger partial charge is 1.00 e. The van der Waals surface area contributed by atoms with Gasteiger partial charge in [-0.15, -0.1) is 0 Å². The molecule has 0 saturated heterocycles. The zero-order chi connectivity index (χ0) is 4.28. The first-order valence-corrected chi connectivity index (χ1v) is 1.21. The summed E-state index contributed by atoms with van der Waals surface area (Å²) in [6.45, 7) is 1.50. The zero-order valence-corrected chi connectivity index (χ0v) is 5.97. The van der Waals surface area contributed by atoms with Crippen LogP contribution >= 0.6 is 0 Å². The Morgan fingerprint density at radius 2 is 2.17 bits per heavy atom. The average molecular weight is 98.1 g/mol. The Morgan fingerprint density at radius 3 is 2.17 bits per heavy atom. The third-order valence-electron chi connectivity index (χ3n) is 0.158. The number of hydrogen-bond donors (Lipinski definition) is 2. The van der Waals surface area contributed by atoms with Gasteiger partial charge in [-0.05, 0) is 6.92 Å². The van der Waals surface area contributed by atoms with Gasteiger partial charge >= 0.3 is 29.6 Å². The molecule has 0 radical (unpaired) electrons. The second-order valence-corrected chi connectivity index (χ2v) is 0.741. The average Bonchev–Trinajstić information content (AvgIpc) is 1.38. The van der Waals surface area contributed by atoms with Gasteiger partial charge in [-0.2, -0.15) is 0 Å². The van der Waals surface area contributed by atoms with Crippen LogP contribution in [0.15, 0.2) is 5.16 Å². The first kappa shape index (κ1) is 9.55. The molecule has 0 aromatic rings. The van der Waals surface area contributed by atoms with Gasteiger partial charge in [0, 0.05) is 0 Å². The van der Waals surface area contributed by atoms with E-state index in [1.165, 1.54) is 6.92 Å². The smallest absolute Gasteiger partial charge is 1.00 e. The van der Waals surface area contributed by atoms with Crippen molar-refractivity contribution in [2.75, 3.05) is 0 Å². The Kier molecular flexibility index (Phi) is 8.39. The summed E-state index contributed by atoms with van der Waals surface area (Å²) < 4.78 is 0. The zero-order valence-electron chi connectivity index (χ0n) is 4.97. The predicted octanol–water partition coefficient (Wildman–Crippen LogP) is -3.13. The molecular weight excluding hydrogens is 91.0 g/mol. The fraction of sp³-hybridized carbons (Fsp3) is 0.500. The Morgan fingerprint density at radius 1 is 2.00 bits per heavy atom. The van der Waals surface area contributed by atoms with Crippen LogP contribution in [0.5, 0.6) is 0 Å². The maximum Gasteiger partial charge on any atom is 1.00 e. The molecule has 0 rings (SSSR count). The first-order chi connectivity index (χ1) is 2.27. The van der Waals surface area contributed by atoms with Crippen molar-refractivity contribution >= 4 is 5.84 Å². The van der Waals surface area contributed by atoms with Crippen molar-refractivity contribution in [2.24, 2.45) is 10.9 Å². The molecule has 6 heavy (non-hydrogen) atoms. The van der Waals surface area contributed by atoms with Gasteiger partial charge in [-0.3, -0.25) is 0 Å². The van der Waals surface area contributed by atoms with Gasteiger partial charge in [0.05, 0.1) is 0 Å². The number of nitrogens with zero attached hydrogens (tertiary/aromatic N) is 1. The van der Waals surface area contributed by atoms with Crippen molar-refractivity contribution in [3.8, 4) is 0 Å². The van der Waals surface area contributed by atoms with E-state index in [-0.39, 0.29) is 36.8 Å². The van der Waals surface area contributed by atoms with Crippen molar-refractivity contribution < 1.29 is 36.2 Å². The monoisotopic (exact) mass is 98.0 g/mol. The Balaban J connectivity index is -0.0000000800. The maximum atomic E-state index is 7.61. The van der Waals surface area contributed by atoms with E-state index in [1.54, 1.807) is 0 Å². The molecule has 0 aromatic carbocycles. The summed E-state index contributed by atoms with van der Waals surface area (Å²) in [7, 11) is 0. The fourth-order valence-corrected chi connectivity index (χ4v) is 0. The molecule has 0 fully saturated rings. The van der Waals surface area contributed by atoms with Crippen molar-refractivity contribution in [1.29, 1.82) is 0 Å². The van der Waals surface area contributed by atoms with Gasteiger partial charge in [0.2, 0.25) is 0 Å². The summed E-state index contributed by atoms with van der Waals surface area (Å²) in [5, 5.41) is 10.2. The van der Waals surface area contributed by atoms with E-state index >= 15 is 0 Å². The molecule has 0 heterocycles. The maximum absolute atomic E-state index is 7.61. The summed E-state index contributed by atoms with van der Waals surface area (Å²) in [5.41, 5.74) is 4.79. The van der Waals surface area contributed by atoms with E-state index in [9.17, 15) is 0 Å². The van der Waals surface area contributed by atoms with Crippen molar-refractivity contribution in [3.05, 3.63) is 0 Å². The van der Waals surface area contributed by atoms with Crippen LogP contribution in [-0.2, 0) is 0 Å². The number of oxime groups is 1. The van der Waals surface area contributed by atoms with E-state index < -0.39 is 0 Å². The Bertz CT molecular complexity index is 53.7. The summed E-state index contributed by atoms with van der Waals surface area (Å²) >= 11 is 0. The molecule has 0 aliphatic rings. The van der Waals surface area contributed by atoms with Gasteiger partial charge in [-0.1, -0.05) is 5.16 Å². The minimum Gasteiger partial charge on any atom is -1.00 e. The molecule has 0 aromatic heterocycles. The number of hydrogen-bond acceptors (Lipinski definition) is 2. The van der Waals surface area contributed by atoms with Gasteiger partial charge in [0.1, 0.15) is 5.84 Å².